The summed E-state index contributed by atoms with van der Waals surface area (Å²) in [5.74, 6) is 0. The van der Waals surface area contributed by atoms with Gasteiger partial charge in [0.05, 0.1) is 5.41 Å². The van der Waals surface area contributed by atoms with E-state index in [2.05, 4.69) is 175 Å². The molecule has 1 aromatic heterocycles. The molecule has 7 aromatic carbocycles. The average Bonchev–Trinajstić information content (AvgIpc) is 3.49. The van der Waals surface area contributed by atoms with E-state index in [1.807, 2.05) is 12.1 Å². The number of hydrogen-bond acceptors (Lipinski definition) is 2. The van der Waals surface area contributed by atoms with E-state index in [1.165, 1.54) is 55.3 Å². The lowest BCUT2D eigenvalue weighted by Gasteiger charge is -2.34. The summed E-state index contributed by atoms with van der Waals surface area (Å²) in [6.07, 6.45) is 1.70. The Hall–Kier alpha value is -6.56. The van der Waals surface area contributed by atoms with E-state index < -0.39 is 5.41 Å². The van der Waals surface area contributed by atoms with E-state index in [0.29, 0.717) is 5.69 Å². The largest absolute Gasteiger partial charge is 0.246 e. The van der Waals surface area contributed by atoms with Crippen LogP contribution < -0.4 is 0 Å². The Morgan fingerprint density at radius 1 is 0.429 bits per heavy atom. The summed E-state index contributed by atoms with van der Waals surface area (Å²) in [4.78, 5) is 4.18. The minimum atomic E-state index is -0.554. The third kappa shape index (κ3) is 4.52. The van der Waals surface area contributed by atoms with Gasteiger partial charge < -0.3 is 0 Å². The Balaban J connectivity index is 1.37. The van der Waals surface area contributed by atoms with Crippen molar-refractivity contribution in [2.24, 2.45) is 0 Å². The van der Waals surface area contributed by atoms with Gasteiger partial charge in [0.15, 0.2) is 0 Å². The van der Waals surface area contributed by atoms with Gasteiger partial charge in [0, 0.05) is 6.20 Å². The van der Waals surface area contributed by atoms with Gasteiger partial charge in [0.1, 0.15) is 11.8 Å². The van der Waals surface area contributed by atoms with Crippen LogP contribution in [0.2, 0.25) is 0 Å². The van der Waals surface area contributed by atoms with Crippen LogP contribution in [0.5, 0.6) is 0 Å². The zero-order valence-corrected chi connectivity index (χ0v) is 26.7. The van der Waals surface area contributed by atoms with Gasteiger partial charge in [-0.15, -0.1) is 0 Å². The zero-order valence-electron chi connectivity index (χ0n) is 26.7. The second-order valence-corrected chi connectivity index (χ2v) is 12.6. The van der Waals surface area contributed by atoms with Crippen LogP contribution in [0.3, 0.4) is 0 Å². The minimum Gasteiger partial charge on any atom is -0.246 e. The van der Waals surface area contributed by atoms with Gasteiger partial charge in [-0.05, 0) is 108 Å². The molecular formula is C47H30N2. The summed E-state index contributed by atoms with van der Waals surface area (Å²) < 4.78 is 0. The second-order valence-electron chi connectivity index (χ2n) is 12.6. The molecule has 0 N–H and O–H groups in total. The lowest BCUT2D eigenvalue weighted by atomic mass is 9.67. The number of aromatic nitrogens is 1. The van der Waals surface area contributed by atoms with Gasteiger partial charge in [-0.2, -0.15) is 5.26 Å². The van der Waals surface area contributed by atoms with Crippen molar-refractivity contribution in [3.05, 3.63) is 210 Å². The smallest absolute Gasteiger partial charge is 0.141 e. The maximum atomic E-state index is 9.48. The summed E-state index contributed by atoms with van der Waals surface area (Å²) >= 11 is 0. The number of nitriles is 1. The SMILES string of the molecule is N#Cc1cc(-c2cccc(-c3ccc4c(c3)C(c3ccccc3)(c3ccccc3)c3cc(-c5ccccc5)c5ccccc5c3-4)c2)ccn1. The Labute approximate surface area is 286 Å². The molecule has 0 bridgehead atoms. The van der Waals surface area contributed by atoms with Crippen molar-refractivity contribution in [1.29, 1.82) is 5.26 Å². The molecule has 1 aliphatic rings. The fraction of sp³-hybridized carbons (Fsp3) is 0.0213. The summed E-state index contributed by atoms with van der Waals surface area (Å²) in [5.41, 5.74) is 14.2. The molecule has 228 valence electrons. The first-order valence-electron chi connectivity index (χ1n) is 16.6. The molecule has 0 atom stereocenters. The fourth-order valence-corrected chi connectivity index (χ4v) is 7.93. The number of rotatable bonds is 5. The van der Waals surface area contributed by atoms with Crippen molar-refractivity contribution < 1.29 is 0 Å². The molecule has 0 unspecified atom stereocenters. The average molecular weight is 623 g/mol. The quantitative estimate of drug-likeness (QED) is 0.191. The van der Waals surface area contributed by atoms with Crippen LogP contribution in [0.1, 0.15) is 27.9 Å². The van der Waals surface area contributed by atoms with Crippen molar-refractivity contribution >= 4 is 10.8 Å². The molecule has 9 rings (SSSR count). The molecule has 2 heteroatoms. The highest BCUT2D eigenvalue weighted by molar-refractivity contribution is 6.10. The molecule has 49 heavy (non-hydrogen) atoms. The fourth-order valence-electron chi connectivity index (χ4n) is 7.93. The topological polar surface area (TPSA) is 36.7 Å². The first-order chi connectivity index (χ1) is 24.3. The predicted octanol–water partition coefficient (Wildman–Crippen LogP) is 11.5. The zero-order chi connectivity index (χ0) is 32.8. The Morgan fingerprint density at radius 3 is 1.67 bits per heavy atom. The van der Waals surface area contributed by atoms with Crippen molar-refractivity contribution in [3.63, 3.8) is 0 Å². The molecular weight excluding hydrogens is 593 g/mol. The molecule has 1 heterocycles. The molecule has 0 saturated carbocycles. The standard InChI is InChI=1S/C47H30N2/c48-31-39-28-36(25-26-49-39)34-16-12-15-33(27-34)35-23-24-42-44(29-35)47(37-17-6-2-7-18-37,38-19-8-3-9-20-38)45-30-43(32-13-4-1-5-14-32)40-21-10-11-22-41(40)46(42)45/h1-30H. The normalized spacial score (nSPS) is 12.6. The van der Waals surface area contributed by atoms with E-state index in [0.717, 1.165) is 22.3 Å². The maximum absolute atomic E-state index is 9.48. The number of benzene rings is 7. The third-order valence-electron chi connectivity index (χ3n) is 10.0. The lowest BCUT2D eigenvalue weighted by molar-refractivity contribution is 0.769. The van der Waals surface area contributed by atoms with E-state index in [4.69, 9.17) is 0 Å². The highest BCUT2D eigenvalue weighted by Crippen LogP contribution is 2.59. The predicted molar refractivity (Wildman–Crippen MR) is 200 cm³/mol. The number of nitrogens with zero attached hydrogens (tertiary/aromatic N) is 2. The molecule has 0 spiro atoms. The Bertz CT molecular complexity index is 2510. The van der Waals surface area contributed by atoms with Crippen LogP contribution in [0.4, 0.5) is 0 Å². The van der Waals surface area contributed by atoms with E-state index in [1.54, 1.807) is 6.20 Å². The summed E-state index contributed by atoms with van der Waals surface area (Å²) in [5, 5.41) is 12.0. The summed E-state index contributed by atoms with van der Waals surface area (Å²) in [7, 11) is 0. The van der Waals surface area contributed by atoms with Gasteiger partial charge in [-0.25, -0.2) is 4.98 Å². The molecule has 0 aliphatic heterocycles. The molecule has 0 fully saturated rings. The summed E-state index contributed by atoms with van der Waals surface area (Å²) in [6, 6.07) is 65.7. The monoisotopic (exact) mass is 622 g/mol. The summed E-state index contributed by atoms with van der Waals surface area (Å²) in [6.45, 7) is 0. The van der Waals surface area contributed by atoms with E-state index >= 15 is 0 Å². The van der Waals surface area contributed by atoms with E-state index in [9.17, 15) is 5.26 Å². The van der Waals surface area contributed by atoms with Gasteiger partial charge in [-0.3, -0.25) is 0 Å². The number of fused-ring (bicyclic) bond motifs is 5. The van der Waals surface area contributed by atoms with Crippen LogP contribution in [0, 0.1) is 11.3 Å². The van der Waals surface area contributed by atoms with Crippen LogP contribution in [-0.2, 0) is 5.41 Å². The van der Waals surface area contributed by atoms with Crippen molar-refractivity contribution in [1.82, 2.24) is 4.98 Å². The van der Waals surface area contributed by atoms with Crippen molar-refractivity contribution in [2.75, 3.05) is 0 Å². The first-order valence-corrected chi connectivity index (χ1v) is 16.6. The molecule has 8 aromatic rings. The molecule has 2 nitrogen and oxygen atoms in total. The second kappa shape index (κ2) is 11.6. The van der Waals surface area contributed by atoms with Crippen LogP contribution in [0.15, 0.2) is 182 Å². The van der Waals surface area contributed by atoms with Gasteiger partial charge in [0.25, 0.3) is 0 Å². The number of pyridine rings is 1. The highest BCUT2D eigenvalue weighted by atomic mass is 14.7. The first kappa shape index (κ1) is 28.6. The van der Waals surface area contributed by atoms with Gasteiger partial charge >= 0.3 is 0 Å². The third-order valence-corrected chi connectivity index (χ3v) is 10.0. The van der Waals surface area contributed by atoms with Gasteiger partial charge in [0.2, 0.25) is 0 Å². The van der Waals surface area contributed by atoms with E-state index in [-0.39, 0.29) is 0 Å². The van der Waals surface area contributed by atoms with Crippen molar-refractivity contribution in [3.8, 4) is 50.6 Å². The molecule has 1 aliphatic carbocycles. The van der Waals surface area contributed by atoms with Crippen LogP contribution in [0.25, 0.3) is 55.3 Å². The van der Waals surface area contributed by atoms with Crippen LogP contribution in [-0.4, -0.2) is 4.98 Å². The Kier molecular flexibility index (Phi) is 6.78. The molecule has 0 saturated heterocycles. The number of hydrogen-bond donors (Lipinski definition) is 0. The van der Waals surface area contributed by atoms with Crippen LogP contribution >= 0.6 is 0 Å². The molecule has 0 amide bonds. The minimum absolute atomic E-state index is 0.413. The highest BCUT2D eigenvalue weighted by Gasteiger charge is 2.47. The van der Waals surface area contributed by atoms with Crippen molar-refractivity contribution in [2.45, 2.75) is 5.41 Å². The maximum Gasteiger partial charge on any atom is 0.141 e. The van der Waals surface area contributed by atoms with Gasteiger partial charge in [-0.1, -0.05) is 146 Å². The Morgan fingerprint density at radius 2 is 1.00 bits per heavy atom. The molecule has 0 radical (unpaired) electrons. The lowest BCUT2D eigenvalue weighted by Crippen LogP contribution is -2.28.